The zero-order chi connectivity index (χ0) is 29.7. The van der Waals surface area contributed by atoms with E-state index in [0.717, 1.165) is 9.80 Å². The van der Waals surface area contributed by atoms with Gasteiger partial charge in [-0.1, -0.05) is 0 Å². The molecule has 4 rings (SSSR count). The third-order valence-electron chi connectivity index (χ3n) is 6.62. The van der Waals surface area contributed by atoms with Crippen LogP contribution in [0.5, 0.6) is 11.5 Å². The van der Waals surface area contributed by atoms with Crippen molar-refractivity contribution in [1.82, 2.24) is 10.2 Å². The minimum absolute atomic E-state index is 0.126. The van der Waals surface area contributed by atoms with Crippen LogP contribution < -0.4 is 20.7 Å². The highest BCUT2D eigenvalue weighted by molar-refractivity contribution is 7.10. The first-order valence-electron chi connectivity index (χ1n) is 12.5. The predicted molar refractivity (Wildman–Crippen MR) is 148 cm³/mol. The van der Waals surface area contributed by atoms with Crippen molar-refractivity contribution in [3.63, 3.8) is 0 Å². The maximum absolute atomic E-state index is 15.1. The maximum Gasteiger partial charge on any atom is 0.243 e. The number of alkyl halides is 2. The molecular formula is C28H28F3N5O4S. The van der Waals surface area contributed by atoms with Gasteiger partial charge in [-0.3, -0.25) is 19.8 Å². The molecule has 0 spiro atoms. The summed E-state index contributed by atoms with van der Waals surface area (Å²) in [6.07, 6.45) is -0.115. The van der Waals surface area contributed by atoms with Gasteiger partial charge < -0.3 is 25.6 Å². The molecule has 0 unspecified atom stereocenters. The zero-order valence-corrected chi connectivity index (χ0v) is 22.8. The number of hydrogen-bond acceptors (Lipinski definition) is 6. The first-order chi connectivity index (χ1) is 19.5. The lowest BCUT2D eigenvalue weighted by Crippen LogP contribution is -2.49. The van der Waals surface area contributed by atoms with E-state index < -0.39 is 61.6 Å². The average Bonchev–Trinajstić information content (AvgIpc) is 3.60. The summed E-state index contributed by atoms with van der Waals surface area (Å²) < 4.78 is 47.4. The van der Waals surface area contributed by atoms with E-state index in [4.69, 9.17) is 15.9 Å². The summed E-state index contributed by atoms with van der Waals surface area (Å²) in [5.74, 6) is -1.15. The number of nitrogens with zero attached hydrogens (tertiary/aromatic N) is 2. The Morgan fingerprint density at radius 3 is 2.44 bits per heavy atom. The number of ether oxygens (including phenoxy) is 1. The molecule has 2 aromatic carbocycles. The molecule has 216 valence electrons. The lowest BCUT2D eigenvalue weighted by atomic mass is 10.0. The SMILES string of the molecule is C[C@@H](NC(=O)[C@@H]1C[C@](F)(CF)CN1C(=O)CN(C=O)c1ccc(Oc2ccc(F)cc2)cc1)c1cc(C(=N)N)cs1. The van der Waals surface area contributed by atoms with Gasteiger partial charge in [0.05, 0.1) is 12.6 Å². The number of nitrogens with two attached hydrogens (primary N) is 1. The Hall–Kier alpha value is -4.39. The van der Waals surface area contributed by atoms with Crippen molar-refractivity contribution >= 4 is 41.1 Å². The van der Waals surface area contributed by atoms with Crippen LogP contribution in [0, 0.1) is 11.2 Å². The summed E-state index contributed by atoms with van der Waals surface area (Å²) in [7, 11) is 0. The van der Waals surface area contributed by atoms with Crippen molar-refractivity contribution in [2.24, 2.45) is 5.73 Å². The fourth-order valence-corrected chi connectivity index (χ4v) is 5.32. The third kappa shape index (κ3) is 7.04. The molecule has 0 saturated carbocycles. The second-order valence-electron chi connectivity index (χ2n) is 9.69. The van der Waals surface area contributed by atoms with Gasteiger partial charge in [-0.2, -0.15) is 0 Å². The van der Waals surface area contributed by atoms with Gasteiger partial charge in [0.15, 0.2) is 5.67 Å². The Bertz CT molecular complexity index is 1420. The van der Waals surface area contributed by atoms with Crippen molar-refractivity contribution in [2.75, 3.05) is 24.7 Å². The Morgan fingerprint density at radius 1 is 1.24 bits per heavy atom. The topological polar surface area (TPSA) is 129 Å². The molecule has 1 aliphatic heterocycles. The number of amides is 3. The molecule has 1 saturated heterocycles. The van der Waals surface area contributed by atoms with Crippen LogP contribution in [0.1, 0.15) is 29.8 Å². The molecule has 2 heterocycles. The van der Waals surface area contributed by atoms with Gasteiger partial charge in [0.1, 0.15) is 42.4 Å². The number of benzene rings is 2. The highest BCUT2D eigenvalue weighted by Gasteiger charge is 2.50. The standard InChI is InChI=1S/C28H28F3N5O4S/c1-17(24-10-18(13-41-24)26(32)33)34-27(39)23-11-28(31,14-29)15-36(23)25(38)12-35(16-37)20-4-8-22(9-5-20)40-21-6-2-19(30)3-7-21/h2-10,13,16-17,23H,11-12,14-15H2,1H3,(H3,32,33)(H,34,39)/t17-,23+,28+/m1/s1. The molecule has 4 N–H and O–H groups in total. The van der Waals surface area contributed by atoms with Crippen LogP contribution in [0.2, 0.25) is 0 Å². The predicted octanol–water partition coefficient (Wildman–Crippen LogP) is 4.08. The molecule has 3 atom stereocenters. The number of amidine groups is 1. The largest absolute Gasteiger partial charge is 0.457 e. The van der Waals surface area contributed by atoms with E-state index in [1.807, 2.05) is 0 Å². The lowest BCUT2D eigenvalue weighted by molar-refractivity contribution is -0.138. The number of carbonyl (C=O) groups is 3. The summed E-state index contributed by atoms with van der Waals surface area (Å²) in [4.78, 5) is 41.0. The van der Waals surface area contributed by atoms with E-state index in [2.05, 4.69) is 5.32 Å². The smallest absolute Gasteiger partial charge is 0.243 e. The number of nitrogens with one attached hydrogen (secondary N) is 2. The van der Waals surface area contributed by atoms with Gasteiger partial charge in [0.2, 0.25) is 18.2 Å². The van der Waals surface area contributed by atoms with E-state index in [1.165, 1.54) is 47.7 Å². The van der Waals surface area contributed by atoms with E-state index in [0.29, 0.717) is 34.0 Å². The number of likely N-dealkylation sites (tertiary alicyclic amines) is 1. The molecular weight excluding hydrogens is 559 g/mol. The highest BCUT2D eigenvalue weighted by atomic mass is 32.1. The van der Waals surface area contributed by atoms with Crippen LogP contribution in [0.25, 0.3) is 0 Å². The number of hydrogen-bond donors (Lipinski definition) is 3. The zero-order valence-electron chi connectivity index (χ0n) is 22.0. The van der Waals surface area contributed by atoms with E-state index in [-0.39, 0.29) is 5.84 Å². The summed E-state index contributed by atoms with van der Waals surface area (Å²) in [6, 6.07) is 11.4. The molecule has 0 radical (unpaired) electrons. The quantitative estimate of drug-likeness (QED) is 0.177. The van der Waals surface area contributed by atoms with Crippen LogP contribution >= 0.6 is 11.3 Å². The van der Waals surface area contributed by atoms with Gasteiger partial charge in [-0.05, 0) is 61.5 Å². The minimum Gasteiger partial charge on any atom is -0.457 e. The monoisotopic (exact) mass is 587 g/mol. The number of carbonyl (C=O) groups excluding carboxylic acids is 3. The number of halogens is 3. The highest BCUT2D eigenvalue weighted by Crippen LogP contribution is 2.33. The van der Waals surface area contributed by atoms with Crippen LogP contribution in [0.4, 0.5) is 18.9 Å². The molecule has 1 fully saturated rings. The number of anilines is 1. The number of thiophene rings is 1. The molecule has 3 aromatic rings. The van der Waals surface area contributed by atoms with Crippen LogP contribution in [0.3, 0.4) is 0 Å². The summed E-state index contributed by atoms with van der Waals surface area (Å²) in [6.45, 7) is -0.851. The second kappa shape index (κ2) is 12.4. The van der Waals surface area contributed by atoms with Crippen molar-refractivity contribution in [2.45, 2.75) is 31.1 Å². The Labute approximate surface area is 238 Å². The second-order valence-corrected chi connectivity index (χ2v) is 10.6. The fourth-order valence-electron chi connectivity index (χ4n) is 4.40. The number of nitrogen functional groups attached to an aromatic ring is 1. The molecule has 9 nitrogen and oxygen atoms in total. The van der Waals surface area contributed by atoms with E-state index >= 15 is 4.39 Å². The van der Waals surface area contributed by atoms with Crippen molar-refractivity contribution < 1.29 is 32.3 Å². The van der Waals surface area contributed by atoms with Crippen LogP contribution in [-0.4, -0.2) is 60.4 Å². The fraction of sp³-hybridized carbons (Fsp3) is 0.286. The molecule has 0 aliphatic carbocycles. The molecule has 0 bridgehead atoms. The number of rotatable bonds is 11. The first kappa shape index (κ1) is 29.6. The molecule has 1 aliphatic rings. The van der Waals surface area contributed by atoms with Gasteiger partial charge >= 0.3 is 0 Å². The van der Waals surface area contributed by atoms with Gasteiger partial charge in [-0.15, -0.1) is 11.3 Å². The molecule has 41 heavy (non-hydrogen) atoms. The Kier molecular flexibility index (Phi) is 8.96. The van der Waals surface area contributed by atoms with Crippen LogP contribution in [-0.2, 0) is 14.4 Å². The average molecular weight is 588 g/mol. The summed E-state index contributed by atoms with van der Waals surface area (Å²) in [5, 5.41) is 11.9. The summed E-state index contributed by atoms with van der Waals surface area (Å²) >= 11 is 1.27. The third-order valence-corrected chi connectivity index (χ3v) is 7.73. The lowest BCUT2D eigenvalue weighted by Gasteiger charge is -2.27. The Morgan fingerprint density at radius 2 is 1.88 bits per heavy atom. The van der Waals surface area contributed by atoms with Gasteiger partial charge in [-0.25, -0.2) is 13.2 Å². The molecule has 13 heteroatoms. The van der Waals surface area contributed by atoms with Crippen molar-refractivity contribution in [3.05, 3.63) is 76.2 Å². The first-order valence-corrected chi connectivity index (χ1v) is 13.4. The van der Waals surface area contributed by atoms with Crippen molar-refractivity contribution in [3.8, 4) is 11.5 Å². The van der Waals surface area contributed by atoms with Gasteiger partial charge in [0, 0.05) is 27.9 Å². The molecule has 1 aromatic heterocycles. The molecule has 3 amide bonds. The Balaban J connectivity index is 1.44. The van der Waals surface area contributed by atoms with Crippen molar-refractivity contribution in [1.29, 1.82) is 5.41 Å². The van der Waals surface area contributed by atoms with Crippen LogP contribution in [0.15, 0.2) is 60.0 Å². The minimum atomic E-state index is -2.41. The van der Waals surface area contributed by atoms with E-state index in [9.17, 15) is 23.2 Å². The van der Waals surface area contributed by atoms with E-state index in [1.54, 1.807) is 30.5 Å². The normalized spacial score (nSPS) is 18.9. The maximum atomic E-state index is 15.1. The van der Waals surface area contributed by atoms with Gasteiger partial charge in [0.25, 0.3) is 0 Å². The summed E-state index contributed by atoms with van der Waals surface area (Å²) in [5.41, 5.74) is 3.91.